The van der Waals surface area contributed by atoms with E-state index in [-0.39, 0.29) is 17.2 Å². The first-order valence-electron chi connectivity index (χ1n) is 7.77. The average Bonchev–Trinajstić information content (AvgIpc) is 3.06. The smallest absolute Gasteiger partial charge is 0.264 e. The van der Waals surface area contributed by atoms with Crippen LogP contribution < -0.4 is 4.72 Å². The summed E-state index contributed by atoms with van der Waals surface area (Å²) in [6.07, 6.45) is 0.635. The van der Waals surface area contributed by atoms with Crippen molar-refractivity contribution in [2.45, 2.75) is 30.2 Å². The van der Waals surface area contributed by atoms with Crippen LogP contribution in [0.2, 0.25) is 0 Å². The van der Waals surface area contributed by atoms with Crippen molar-refractivity contribution in [2.24, 2.45) is 0 Å². The Morgan fingerprint density at radius 2 is 1.96 bits per heavy atom. The van der Waals surface area contributed by atoms with Gasteiger partial charge in [0.15, 0.2) is 0 Å². The molecule has 1 unspecified atom stereocenters. The zero-order valence-corrected chi connectivity index (χ0v) is 15.3. The minimum Gasteiger partial charge on any atom is -0.328 e. The van der Waals surface area contributed by atoms with Gasteiger partial charge in [-0.2, -0.15) is 11.3 Å². The highest BCUT2D eigenvalue weighted by atomic mass is 32.2. The van der Waals surface area contributed by atoms with E-state index >= 15 is 0 Å². The van der Waals surface area contributed by atoms with Crippen molar-refractivity contribution >= 4 is 33.2 Å². The van der Waals surface area contributed by atoms with Gasteiger partial charge in [-0.25, -0.2) is 13.1 Å². The van der Waals surface area contributed by atoms with E-state index in [1.807, 2.05) is 16.8 Å². The number of carbonyl (C=O) groups is 2. The van der Waals surface area contributed by atoms with Crippen LogP contribution in [0.4, 0.5) is 0 Å². The van der Waals surface area contributed by atoms with Crippen LogP contribution >= 0.6 is 11.3 Å². The summed E-state index contributed by atoms with van der Waals surface area (Å²) in [6.45, 7) is 2.04. The van der Waals surface area contributed by atoms with Gasteiger partial charge >= 0.3 is 0 Å². The predicted molar refractivity (Wildman–Crippen MR) is 94.5 cm³/mol. The van der Waals surface area contributed by atoms with Crippen molar-refractivity contribution in [1.29, 1.82) is 0 Å². The van der Waals surface area contributed by atoms with E-state index in [2.05, 4.69) is 4.72 Å². The van der Waals surface area contributed by atoms with Crippen molar-refractivity contribution in [3.8, 4) is 0 Å². The summed E-state index contributed by atoms with van der Waals surface area (Å²) in [5.74, 6) is -0.860. The molecule has 0 spiro atoms. The van der Waals surface area contributed by atoms with Crippen LogP contribution in [-0.2, 0) is 26.0 Å². The lowest BCUT2D eigenvalue weighted by Crippen LogP contribution is -2.68. The van der Waals surface area contributed by atoms with Gasteiger partial charge in [0.1, 0.15) is 5.54 Å². The minimum atomic E-state index is -3.95. The van der Waals surface area contributed by atoms with Gasteiger partial charge in [0.2, 0.25) is 5.91 Å². The Bertz CT molecular complexity index is 879. The van der Waals surface area contributed by atoms with E-state index in [0.29, 0.717) is 13.0 Å². The molecule has 1 fully saturated rings. The molecule has 0 bridgehead atoms. The van der Waals surface area contributed by atoms with Crippen molar-refractivity contribution in [3.63, 3.8) is 0 Å². The summed E-state index contributed by atoms with van der Waals surface area (Å²) < 4.78 is 26.8. The fourth-order valence-electron chi connectivity index (χ4n) is 2.75. The second kappa shape index (κ2) is 6.61. The largest absolute Gasteiger partial charge is 0.328 e. The summed E-state index contributed by atoms with van der Waals surface area (Å²) in [4.78, 5) is 26.5. The maximum absolute atomic E-state index is 12.6. The van der Waals surface area contributed by atoms with Crippen LogP contribution in [0.5, 0.6) is 0 Å². The lowest BCUT2D eigenvalue weighted by Gasteiger charge is -2.48. The van der Waals surface area contributed by atoms with Gasteiger partial charge in [-0.3, -0.25) is 9.59 Å². The number of benzene rings is 1. The van der Waals surface area contributed by atoms with Crippen molar-refractivity contribution in [2.75, 3.05) is 6.54 Å². The topological polar surface area (TPSA) is 83.6 Å². The standard InChI is InChI=1S/C17H18N2O4S2/c1-17(8-9-19(17)15(20)11-13-7-10-24-12-13)16(21)18-25(22,23)14-5-3-2-4-6-14/h2-7,10,12H,8-9,11H2,1H3,(H,18,21). The van der Waals surface area contributed by atoms with Gasteiger partial charge in [-0.1, -0.05) is 18.2 Å². The fraction of sp³-hybridized carbons (Fsp3) is 0.294. The second-order valence-electron chi connectivity index (χ2n) is 6.13. The molecule has 3 rings (SSSR count). The molecule has 132 valence electrons. The van der Waals surface area contributed by atoms with E-state index < -0.39 is 21.5 Å². The summed E-state index contributed by atoms with van der Waals surface area (Å²) in [5, 5.41) is 3.77. The quantitative estimate of drug-likeness (QED) is 0.860. The molecule has 2 heterocycles. The fourth-order valence-corrected chi connectivity index (χ4v) is 4.51. The molecule has 1 aliphatic rings. The van der Waals surface area contributed by atoms with Gasteiger partial charge in [-0.05, 0) is 47.9 Å². The Balaban J connectivity index is 1.72. The van der Waals surface area contributed by atoms with Gasteiger partial charge in [-0.15, -0.1) is 0 Å². The number of hydrogen-bond donors (Lipinski definition) is 1. The molecule has 25 heavy (non-hydrogen) atoms. The zero-order chi connectivity index (χ0) is 18.1. The Morgan fingerprint density at radius 1 is 1.24 bits per heavy atom. The van der Waals surface area contributed by atoms with Gasteiger partial charge in [0, 0.05) is 6.54 Å². The van der Waals surface area contributed by atoms with E-state index in [0.717, 1.165) is 5.56 Å². The lowest BCUT2D eigenvalue weighted by atomic mass is 9.85. The molecule has 1 aliphatic heterocycles. The highest BCUT2D eigenvalue weighted by molar-refractivity contribution is 7.90. The summed E-state index contributed by atoms with van der Waals surface area (Å²) in [5.41, 5.74) is -0.254. The molecular formula is C17H18N2O4S2. The minimum absolute atomic E-state index is 0.0161. The number of nitrogens with zero attached hydrogens (tertiary/aromatic N) is 1. The molecule has 1 N–H and O–H groups in total. The van der Waals surface area contributed by atoms with Crippen LogP contribution in [-0.4, -0.2) is 37.2 Å². The number of carbonyl (C=O) groups excluding carboxylic acids is 2. The molecule has 1 aromatic carbocycles. The van der Waals surface area contributed by atoms with Crippen LogP contribution in [0.15, 0.2) is 52.1 Å². The number of nitrogens with one attached hydrogen (secondary N) is 1. The molecule has 0 aliphatic carbocycles. The highest BCUT2D eigenvalue weighted by Gasteiger charge is 2.50. The third-order valence-corrected chi connectivity index (χ3v) is 6.50. The molecule has 1 saturated heterocycles. The molecule has 2 aromatic rings. The number of likely N-dealkylation sites (tertiary alicyclic amines) is 1. The highest BCUT2D eigenvalue weighted by Crippen LogP contribution is 2.32. The summed E-state index contributed by atoms with van der Waals surface area (Å²) in [6, 6.07) is 9.55. The van der Waals surface area contributed by atoms with Gasteiger partial charge in [0.25, 0.3) is 15.9 Å². The first-order valence-corrected chi connectivity index (χ1v) is 10.2. The van der Waals surface area contributed by atoms with Crippen LogP contribution in [0.1, 0.15) is 18.9 Å². The molecule has 6 nitrogen and oxygen atoms in total. The monoisotopic (exact) mass is 378 g/mol. The second-order valence-corrected chi connectivity index (χ2v) is 8.59. The number of sulfonamides is 1. The SMILES string of the molecule is CC1(C(=O)NS(=O)(=O)c2ccccc2)CCN1C(=O)Cc1ccsc1. The summed E-state index contributed by atoms with van der Waals surface area (Å²) in [7, 11) is -3.95. The number of rotatable bonds is 5. The Hall–Kier alpha value is -2.19. The summed E-state index contributed by atoms with van der Waals surface area (Å²) >= 11 is 1.50. The molecular weight excluding hydrogens is 360 g/mol. The molecule has 0 radical (unpaired) electrons. The van der Waals surface area contributed by atoms with Crippen LogP contribution in [0.25, 0.3) is 0 Å². The molecule has 1 aromatic heterocycles. The van der Waals surface area contributed by atoms with Crippen LogP contribution in [0.3, 0.4) is 0 Å². The zero-order valence-electron chi connectivity index (χ0n) is 13.6. The van der Waals surface area contributed by atoms with Gasteiger partial charge < -0.3 is 4.90 Å². The lowest BCUT2D eigenvalue weighted by molar-refractivity contribution is -0.156. The van der Waals surface area contributed by atoms with E-state index in [9.17, 15) is 18.0 Å². The normalized spacial score (nSPS) is 20.0. The Labute approximate surface area is 150 Å². The Morgan fingerprint density at radius 3 is 2.52 bits per heavy atom. The van der Waals surface area contributed by atoms with Crippen LogP contribution in [0, 0.1) is 0 Å². The van der Waals surface area contributed by atoms with E-state index in [1.165, 1.54) is 28.4 Å². The van der Waals surface area contributed by atoms with Crippen molar-refractivity contribution < 1.29 is 18.0 Å². The predicted octanol–water partition coefficient (Wildman–Crippen LogP) is 1.79. The molecule has 0 saturated carbocycles. The third-order valence-electron chi connectivity index (χ3n) is 4.42. The van der Waals surface area contributed by atoms with E-state index in [4.69, 9.17) is 0 Å². The maximum Gasteiger partial charge on any atom is 0.264 e. The number of thiophene rings is 1. The third kappa shape index (κ3) is 3.45. The molecule has 2 amide bonds. The van der Waals surface area contributed by atoms with Crippen molar-refractivity contribution in [3.05, 3.63) is 52.7 Å². The van der Waals surface area contributed by atoms with Crippen molar-refractivity contribution in [1.82, 2.24) is 9.62 Å². The first-order chi connectivity index (χ1) is 11.8. The first kappa shape index (κ1) is 17.6. The van der Waals surface area contributed by atoms with Gasteiger partial charge in [0.05, 0.1) is 11.3 Å². The van der Waals surface area contributed by atoms with E-state index in [1.54, 1.807) is 25.1 Å². The maximum atomic E-state index is 12.6. The number of hydrogen-bond acceptors (Lipinski definition) is 5. The molecule has 1 atom stereocenters. The Kier molecular flexibility index (Phi) is 4.66. The molecule has 8 heteroatoms. The number of amides is 2. The average molecular weight is 378 g/mol.